The van der Waals surface area contributed by atoms with Crippen LogP contribution >= 0.6 is 0 Å². The van der Waals surface area contributed by atoms with E-state index in [-0.39, 0.29) is 125 Å². The van der Waals surface area contributed by atoms with E-state index in [0.717, 1.165) is 19.3 Å². The first-order valence-electron chi connectivity index (χ1n) is 23.5. The summed E-state index contributed by atoms with van der Waals surface area (Å²) in [5.74, 6) is -2.93. The highest BCUT2D eigenvalue weighted by Crippen LogP contribution is 2.10. The second-order valence-electron chi connectivity index (χ2n) is 15.8. The molecule has 0 fully saturated rings. The summed E-state index contributed by atoms with van der Waals surface area (Å²) in [5, 5.41) is 16.5. The average molecular weight is 947 g/mol. The van der Waals surface area contributed by atoms with Crippen LogP contribution in [0.4, 0.5) is 0 Å². The number of unbranched alkanes of at least 4 members (excludes halogenated alkanes) is 3. The van der Waals surface area contributed by atoms with Gasteiger partial charge in [0.2, 0.25) is 47.3 Å². The first kappa shape index (κ1) is 61.5. The molecule has 0 unspecified atom stereocenters. The van der Waals surface area contributed by atoms with Crippen LogP contribution in [0.1, 0.15) is 104 Å². The van der Waals surface area contributed by atoms with Crippen molar-refractivity contribution in [2.75, 3.05) is 112 Å². The van der Waals surface area contributed by atoms with Crippen LogP contribution in [0.25, 0.3) is 0 Å². The van der Waals surface area contributed by atoms with Gasteiger partial charge in [0.1, 0.15) is 25.9 Å². The van der Waals surface area contributed by atoms with Gasteiger partial charge in [-0.3, -0.25) is 38.4 Å². The van der Waals surface area contributed by atoms with Crippen molar-refractivity contribution in [2.45, 2.75) is 110 Å². The lowest BCUT2D eigenvalue weighted by molar-refractivity contribution is -0.129. The quantitative estimate of drug-likeness (QED) is 0.0357. The largest absolute Gasteiger partial charge is 0.379 e. The van der Waals surface area contributed by atoms with E-state index in [1.807, 2.05) is 6.92 Å². The molecule has 0 radical (unpaired) electrons. The Kier molecular flexibility index (Phi) is 40.2. The Labute approximate surface area is 390 Å². The van der Waals surface area contributed by atoms with E-state index in [1.165, 1.54) is 0 Å². The Bertz CT molecular complexity index is 1360. The van der Waals surface area contributed by atoms with E-state index < -0.39 is 11.9 Å². The highest BCUT2D eigenvalue weighted by atomic mass is 16.5. The normalized spacial score (nSPS) is 12.3. The van der Waals surface area contributed by atoms with Gasteiger partial charge in [-0.05, 0) is 57.8 Å². The Morgan fingerprint density at radius 1 is 0.409 bits per heavy atom. The Morgan fingerprint density at radius 2 is 0.788 bits per heavy atom. The molecule has 0 saturated carbocycles. The minimum Gasteiger partial charge on any atom is -0.379 e. The molecule has 0 aliphatic carbocycles. The first-order chi connectivity index (χ1) is 31.8. The summed E-state index contributed by atoms with van der Waals surface area (Å²) in [4.78, 5) is 95.6. The zero-order valence-electron chi connectivity index (χ0n) is 39.8. The molecular formula is C44H82N8O14. The summed E-state index contributed by atoms with van der Waals surface area (Å²) >= 11 is 0. The summed E-state index contributed by atoms with van der Waals surface area (Å²) in [6.07, 6.45) is 7.24. The first-order valence-corrected chi connectivity index (χ1v) is 23.5. The van der Waals surface area contributed by atoms with Crippen LogP contribution in [0.2, 0.25) is 0 Å². The van der Waals surface area contributed by atoms with E-state index in [9.17, 15) is 38.4 Å². The third-order valence-corrected chi connectivity index (χ3v) is 9.72. The van der Waals surface area contributed by atoms with E-state index >= 15 is 0 Å². The van der Waals surface area contributed by atoms with Gasteiger partial charge >= 0.3 is 0 Å². The van der Waals surface area contributed by atoms with Crippen molar-refractivity contribution in [3.63, 3.8) is 0 Å². The standard InChI is InChI=1S/C44H82N8O14/c1-4-22-61-25-28-64-33-41(57)51-21-24-63-27-30-66-32-40(56)49-19-10-7-14-36(43(46)59)52-44(60)35(3)13-6-9-17-47-37(53)15-11-16-38(54)50-20-23-62-26-29-65-31-39(55)48-18-8-5-12-34(2)42(45)58/h34-36H,4-33H2,1-3H3,(H2,45,58)(H2,46,59)(H,47,53)(H,48,55)(H,49,56)(H,50,54)(H,51,57)(H,52,60)/t34-,35-,36-/m0/s1. The number of nitrogens with one attached hydrogen (secondary N) is 6. The summed E-state index contributed by atoms with van der Waals surface area (Å²) in [6, 6.07) is -0.835. The van der Waals surface area contributed by atoms with Crippen LogP contribution in [0.3, 0.4) is 0 Å². The molecule has 0 aliphatic heterocycles. The summed E-state index contributed by atoms with van der Waals surface area (Å²) < 4.78 is 31.9. The number of hydrogen-bond donors (Lipinski definition) is 8. The molecule has 0 bridgehead atoms. The van der Waals surface area contributed by atoms with E-state index in [1.54, 1.807) is 13.8 Å². The lowest BCUT2D eigenvalue weighted by Crippen LogP contribution is -2.46. The second kappa shape index (κ2) is 43.1. The van der Waals surface area contributed by atoms with Crippen molar-refractivity contribution < 1.29 is 66.8 Å². The highest BCUT2D eigenvalue weighted by Gasteiger charge is 2.21. The van der Waals surface area contributed by atoms with Crippen LogP contribution in [-0.4, -0.2) is 165 Å². The molecule has 0 saturated heterocycles. The fourth-order valence-electron chi connectivity index (χ4n) is 5.74. The fourth-order valence-corrected chi connectivity index (χ4v) is 5.74. The molecule has 22 nitrogen and oxygen atoms in total. The van der Waals surface area contributed by atoms with Gasteiger partial charge in [-0.1, -0.05) is 33.6 Å². The van der Waals surface area contributed by atoms with Crippen molar-refractivity contribution in [3.05, 3.63) is 0 Å². The Hall–Kier alpha value is -4.48. The zero-order chi connectivity index (χ0) is 49.0. The number of hydrogen-bond acceptors (Lipinski definition) is 14. The number of carbonyl (C=O) groups excluding carboxylic acids is 8. The molecular weight excluding hydrogens is 865 g/mol. The molecule has 0 heterocycles. The van der Waals surface area contributed by atoms with E-state index in [4.69, 9.17) is 39.9 Å². The van der Waals surface area contributed by atoms with Crippen LogP contribution in [0.5, 0.6) is 0 Å². The number of ether oxygens (including phenoxy) is 6. The molecule has 22 heteroatoms. The molecule has 66 heavy (non-hydrogen) atoms. The smallest absolute Gasteiger partial charge is 0.246 e. The number of carbonyl (C=O) groups is 8. The van der Waals surface area contributed by atoms with Crippen molar-refractivity contribution in [3.8, 4) is 0 Å². The van der Waals surface area contributed by atoms with Crippen LogP contribution < -0.4 is 43.4 Å². The maximum Gasteiger partial charge on any atom is 0.246 e. The van der Waals surface area contributed by atoms with Crippen molar-refractivity contribution in [1.82, 2.24) is 31.9 Å². The van der Waals surface area contributed by atoms with Crippen molar-refractivity contribution >= 4 is 47.3 Å². The molecule has 3 atom stereocenters. The van der Waals surface area contributed by atoms with Crippen LogP contribution in [-0.2, 0) is 66.8 Å². The zero-order valence-corrected chi connectivity index (χ0v) is 39.8. The number of nitrogens with two attached hydrogens (primary N) is 2. The van der Waals surface area contributed by atoms with Gasteiger partial charge in [0.25, 0.3) is 0 Å². The summed E-state index contributed by atoms with van der Waals surface area (Å²) in [7, 11) is 0. The van der Waals surface area contributed by atoms with Gasteiger partial charge in [0, 0.05) is 64.0 Å². The maximum atomic E-state index is 12.7. The molecule has 0 spiro atoms. The minimum atomic E-state index is -0.835. The molecule has 0 aromatic rings. The lowest BCUT2D eigenvalue weighted by atomic mass is 10.0. The highest BCUT2D eigenvalue weighted by molar-refractivity contribution is 5.87. The fraction of sp³-hybridized carbons (Fsp3) is 0.818. The van der Waals surface area contributed by atoms with Crippen LogP contribution in [0.15, 0.2) is 0 Å². The van der Waals surface area contributed by atoms with Crippen LogP contribution in [0, 0.1) is 11.8 Å². The number of primary amides is 2. The Balaban J connectivity index is 3.81. The number of amides is 8. The van der Waals surface area contributed by atoms with Gasteiger partial charge in [0.05, 0.1) is 52.9 Å². The molecule has 0 aliphatic rings. The second-order valence-corrected chi connectivity index (χ2v) is 15.8. The topological polar surface area (TPSA) is 316 Å². The molecule has 0 rings (SSSR count). The van der Waals surface area contributed by atoms with Crippen molar-refractivity contribution in [1.29, 1.82) is 0 Å². The molecule has 10 N–H and O–H groups in total. The molecule has 382 valence electrons. The van der Waals surface area contributed by atoms with E-state index in [2.05, 4.69) is 31.9 Å². The van der Waals surface area contributed by atoms with E-state index in [0.29, 0.717) is 104 Å². The lowest BCUT2D eigenvalue weighted by Gasteiger charge is -2.18. The van der Waals surface area contributed by atoms with Gasteiger partial charge in [0.15, 0.2) is 0 Å². The molecule has 8 amide bonds. The minimum absolute atomic E-state index is 0.0461. The van der Waals surface area contributed by atoms with Gasteiger partial charge in [-0.15, -0.1) is 0 Å². The van der Waals surface area contributed by atoms with Crippen molar-refractivity contribution in [2.24, 2.45) is 23.3 Å². The third kappa shape index (κ3) is 39.8. The van der Waals surface area contributed by atoms with Gasteiger partial charge in [-0.2, -0.15) is 0 Å². The summed E-state index contributed by atoms with van der Waals surface area (Å²) in [6.45, 7) is 10.2. The van der Waals surface area contributed by atoms with Gasteiger partial charge < -0.3 is 71.8 Å². The maximum absolute atomic E-state index is 12.7. The predicted octanol–water partition coefficient (Wildman–Crippen LogP) is -0.514. The molecule has 0 aromatic heterocycles. The van der Waals surface area contributed by atoms with Gasteiger partial charge in [-0.25, -0.2) is 0 Å². The average Bonchev–Trinajstić information content (AvgIpc) is 3.28. The number of rotatable bonds is 46. The molecule has 0 aromatic carbocycles. The predicted molar refractivity (Wildman–Crippen MR) is 244 cm³/mol. The monoisotopic (exact) mass is 947 g/mol. The summed E-state index contributed by atoms with van der Waals surface area (Å²) in [5.41, 5.74) is 10.8. The third-order valence-electron chi connectivity index (χ3n) is 9.72. The SMILES string of the molecule is CCCOCCOCC(=O)NCCOCCOCC(=O)NCCCC[C@H](NC(=O)[C@@H](C)CCCCNC(=O)CCCC(=O)NCCOCCOCC(=O)NCCCC[C@H](C)C(N)=O)C(N)=O. The Morgan fingerprint density at radius 3 is 1.23 bits per heavy atom.